The topological polar surface area (TPSA) is 32.9 Å². The Labute approximate surface area is 90.5 Å². The number of hydrogen-bond donors (Lipinski definition) is 1. The molecule has 0 radical (unpaired) electrons. The molecule has 0 amide bonds. The molecule has 72 valence electrons. The molecule has 0 saturated heterocycles. The number of rotatable bonds is 0. The Morgan fingerprint density at radius 3 is 2.71 bits per heavy atom. The molecular weight excluding hydrogens is 221 g/mol. The Morgan fingerprint density at radius 2 is 2.00 bits per heavy atom. The third kappa shape index (κ3) is 1.41. The highest BCUT2D eigenvalue weighted by Gasteiger charge is 2.06. The number of pyridine rings is 1. The van der Waals surface area contributed by atoms with Crippen LogP contribution in [0.1, 0.15) is 5.69 Å². The lowest BCUT2D eigenvalue weighted by atomic mass is 10.2. The molecule has 14 heavy (non-hydrogen) atoms. The van der Waals surface area contributed by atoms with Crippen molar-refractivity contribution >= 4 is 34.1 Å². The Hall–Kier alpha value is -0.990. The predicted octanol–water partition coefficient (Wildman–Crippen LogP) is 3.14. The summed E-state index contributed by atoms with van der Waals surface area (Å²) in [7, 11) is 0. The van der Waals surface area contributed by atoms with Crippen LogP contribution in [0.25, 0.3) is 10.9 Å². The highest BCUT2D eigenvalue weighted by Crippen LogP contribution is 2.18. The molecule has 1 aromatic heterocycles. The monoisotopic (exact) mass is 227 g/mol. The summed E-state index contributed by atoms with van der Waals surface area (Å²) >= 11 is 11.6. The van der Waals surface area contributed by atoms with Crippen LogP contribution in [0.3, 0.4) is 0 Å². The molecule has 1 N–H and O–H groups in total. The molecular formula is C10H7Cl2NO. The van der Waals surface area contributed by atoms with Gasteiger partial charge in [0.15, 0.2) is 0 Å². The number of aromatic nitrogens is 1. The second-order valence-corrected chi connectivity index (χ2v) is 3.90. The first-order valence-electron chi connectivity index (χ1n) is 4.07. The molecule has 0 aliphatic heterocycles. The van der Waals surface area contributed by atoms with Gasteiger partial charge in [-0.3, -0.25) is 4.79 Å². The smallest absolute Gasteiger partial charge is 0.208 e. The number of aryl methyl sites for hydroxylation is 1. The fraction of sp³-hybridized carbons (Fsp3) is 0.100. The number of halogens is 2. The molecule has 0 aliphatic rings. The number of benzene rings is 1. The van der Waals surface area contributed by atoms with Crippen LogP contribution in [0, 0.1) is 6.92 Å². The number of fused-ring (bicyclic) bond motifs is 1. The minimum atomic E-state index is -0.180. The van der Waals surface area contributed by atoms with Gasteiger partial charge in [0.25, 0.3) is 0 Å². The summed E-state index contributed by atoms with van der Waals surface area (Å²) in [5, 5.41) is 1.27. The van der Waals surface area contributed by atoms with Gasteiger partial charge >= 0.3 is 0 Å². The van der Waals surface area contributed by atoms with Crippen molar-refractivity contribution in [3.63, 3.8) is 0 Å². The summed E-state index contributed by atoms with van der Waals surface area (Å²) in [5.74, 6) is 0. The lowest BCUT2D eigenvalue weighted by molar-refractivity contribution is 1.24. The maximum atomic E-state index is 11.7. The van der Waals surface area contributed by atoms with Gasteiger partial charge in [-0.2, -0.15) is 0 Å². The molecule has 2 rings (SSSR count). The molecule has 0 saturated carbocycles. The van der Waals surface area contributed by atoms with E-state index >= 15 is 0 Å². The predicted molar refractivity (Wildman–Crippen MR) is 59.3 cm³/mol. The Kier molecular flexibility index (Phi) is 2.25. The van der Waals surface area contributed by atoms with Crippen molar-refractivity contribution in [1.29, 1.82) is 0 Å². The van der Waals surface area contributed by atoms with Crippen LogP contribution >= 0.6 is 23.2 Å². The van der Waals surface area contributed by atoms with Crippen molar-refractivity contribution in [2.24, 2.45) is 0 Å². The highest BCUT2D eigenvalue weighted by molar-refractivity contribution is 6.32. The first-order chi connectivity index (χ1) is 6.59. The average molecular weight is 228 g/mol. The van der Waals surface area contributed by atoms with Gasteiger partial charge in [0, 0.05) is 21.6 Å². The van der Waals surface area contributed by atoms with Crippen molar-refractivity contribution in [3.05, 3.63) is 44.2 Å². The van der Waals surface area contributed by atoms with Crippen molar-refractivity contribution in [2.75, 3.05) is 0 Å². The van der Waals surface area contributed by atoms with Gasteiger partial charge in [0.2, 0.25) is 5.43 Å². The average Bonchev–Trinajstić information content (AvgIpc) is 2.16. The van der Waals surface area contributed by atoms with Crippen LogP contribution < -0.4 is 5.43 Å². The largest absolute Gasteiger partial charge is 0.357 e. The van der Waals surface area contributed by atoms with Gasteiger partial charge in [-0.15, -0.1) is 0 Å². The summed E-state index contributed by atoms with van der Waals surface area (Å²) in [5.41, 5.74) is 1.24. The van der Waals surface area contributed by atoms with Crippen molar-refractivity contribution in [1.82, 2.24) is 4.98 Å². The van der Waals surface area contributed by atoms with Gasteiger partial charge in [0.1, 0.15) is 5.02 Å². The number of nitrogens with one attached hydrogen (secondary N) is 1. The molecule has 0 fully saturated rings. The fourth-order valence-electron chi connectivity index (χ4n) is 1.36. The first-order valence-corrected chi connectivity index (χ1v) is 4.83. The summed E-state index contributed by atoms with van der Waals surface area (Å²) < 4.78 is 0. The third-order valence-corrected chi connectivity index (χ3v) is 2.77. The van der Waals surface area contributed by atoms with Crippen molar-refractivity contribution in [2.45, 2.75) is 6.92 Å². The molecule has 1 aromatic carbocycles. The van der Waals surface area contributed by atoms with Gasteiger partial charge in [-0.05, 0) is 25.1 Å². The van der Waals surface area contributed by atoms with E-state index < -0.39 is 0 Å². The van der Waals surface area contributed by atoms with E-state index in [0.29, 0.717) is 16.1 Å². The minimum Gasteiger partial charge on any atom is -0.357 e. The number of hydrogen-bond acceptors (Lipinski definition) is 1. The molecule has 0 unspecified atom stereocenters. The Bertz CT molecular complexity index is 560. The van der Waals surface area contributed by atoms with E-state index in [1.807, 2.05) is 0 Å². The van der Waals surface area contributed by atoms with E-state index in [2.05, 4.69) is 4.98 Å². The summed E-state index contributed by atoms with van der Waals surface area (Å²) in [4.78, 5) is 14.7. The maximum Gasteiger partial charge on any atom is 0.208 e. The zero-order chi connectivity index (χ0) is 10.3. The van der Waals surface area contributed by atoms with E-state index in [1.54, 1.807) is 25.1 Å². The van der Waals surface area contributed by atoms with Gasteiger partial charge in [0.05, 0.1) is 0 Å². The zero-order valence-corrected chi connectivity index (χ0v) is 8.91. The minimum absolute atomic E-state index is 0.180. The van der Waals surface area contributed by atoms with Crippen LogP contribution in [-0.2, 0) is 0 Å². The molecule has 0 spiro atoms. The SMILES string of the molecule is Cc1[nH]c2ccc(Cl)cc2c(=O)c1Cl. The standard InChI is InChI=1S/C10H7Cl2NO/c1-5-9(12)10(14)7-4-6(11)2-3-8(7)13-5/h2-4H,1H3,(H,13,14). The number of aromatic amines is 1. The fourth-order valence-corrected chi connectivity index (χ4v) is 1.68. The van der Waals surface area contributed by atoms with Gasteiger partial charge in [-0.25, -0.2) is 0 Å². The Morgan fingerprint density at radius 1 is 1.29 bits per heavy atom. The van der Waals surface area contributed by atoms with Crippen LogP contribution in [0.4, 0.5) is 0 Å². The van der Waals surface area contributed by atoms with E-state index in [1.165, 1.54) is 0 Å². The molecule has 0 atom stereocenters. The molecule has 0 bridgehead atoms. The maximum absolute atomic E-state index is 11.7. The van der Waals surface area contributed by atoms with Crippen molar-refractivity contribution in [3.8, 4) is 0 Å². The second kappa shape index (κ2) is 3.30. The molecule has 2 nitrogen and oxygen atoms in total. The van der Waals surface area contributed by atoms with E-state index in [4.69, 9.17) is 23.2 Å². The van der Waals surface area contributed by atoms with Crippen LogP contribution in [0.5, 0.6) is 0 Å². The molecule has 2 aromatic rings. The normalized spacial score (nSPS) is 10.8. The summed E-state index contributed by atoms with van der Waals surface area (Å²) in [6.45, 7) is 1.76. The summed E-state index contributed by atoms with van der Waals surface area (Å²) in [6.07, 6.45) is 0. The lowest BCUT2D eigenvalue weighted by Gasteiger charge is -2.02. The van der Waals surface area contributed by atoms with Gasteiger partial charge < -0.3 is 4.98 Å². The number of H-pyrrole nitrogens is 1. The lowest BCUT2D eigenvalue weighted by Crippen LogP contribution is -2.05. The van der Waals surface area contributed by atoms with E-state index in [0.717, 1.165) is 5.52 Å². The van der Waals surface area contributed by atoms with E-state index in [-0.39, 0.29) is 10.5 Å². The van der Waals surface area contributed by atoms with Crippen molar-refractivity contribution < 1.29 is 0 Å². The van der Waals surface area contributed by atoms with Crippen LogP contribution in [0.15, 0.2) is 23.0 Å². The zero-order valence-electron chi connectivity index (χ0n) is 7.40. The molecule has 0 aliphatic carbocycles. The van der Waals surface area contributed by atoms with Crippen LogP contribution in [0.2, 0.25) is 10.0 Å². The highest BCUT2D eigenvalue weighted by atomic mass is 35.5. The second-order valence-electron chi connectivity index (χ2n) is 3.08. The Balaban J connectivity index is 2.99. The van der Waals surface area contributed by atoms with Crippen LogP contribution in [-0.4, -0.2) is 4.98 Å². The summed E-state index contributed by atoms with van der Waals surface area (Å²) in [6, 6.07) is 5.11. The van der Waals surface area contributed by atoms with Gasteiger partial charge in [-0.1, -0.05) is 23.2 Å². The quantitative estimate of drug-likeness (QED) is 0.738. The molecule has 1 heterocycles. The molecule has 4 heteroatoms. The van der Waals surface area contributed by atoms with E-state index in [9.17, 15) is 4.79 Å². The third-order valence-electron chi connectivity index (χ3n) is 2.08. The first kappa shape index (κ1) is 9.56.